The first-order valence-electron chi connectivity index (χ1n) is 8.25. The third-order valence-electron chi connectivity index (χ3n) is 3.57. The Bertz CT molecular complexity index is 1010. The molecule has 0 aliphatic rings. The molecule has 1 aromatic carbocycles. The van der Waals surface area contributed by atoms with Gasteiger partial charge in [0.25, 0.3) is 0 Å². The number of rotatable bonds is 7. The van der Waals surface area contributed by atoms with Crippen LogP contribution in [0.4, 0.5) is 33.9 Å². The first-order chi connectivity index (χ1) is 14.3. The second kappa shape index (κ2) is 9.09. The summed E-state index contributed by atoms with van der Waals surface area (Å²) >= 11 is 1.23. The molecule has 0 fully saturated rings. The van der Waals surface area contributed by atoms with Crippen molar-refractivity contribution in [2.75, 3.05) is 31.0 Å². The van der Waals surface area contributed by atoms with Gasteiger partial charge in [0.05, 0.1) is 12.3 Å². The predicted molar refractivity (Wildman–Crippen MR) is 99.0 cm³/mol. The van der Waals surface area contributed by atoms with E-state index < -0.39 is 29.6 Å². The van der Waals surface area contributed by atoms with E-state index in [1.807, 2.05) is 0 Å². The zero-order valence-corrected chi connectivity index (χ0v) is 16.1. The van der Waals surface area contributed by atoms with E-state index in [2.05, 4.69) is 25.3 Å². The smallest absolute Gasteiger partial charge is 0.436 e. The van der Waals surface area contributed by atoms with Gasteiger partial charge in [-0.3, -0.25) is 5.32 Å². The summed E-state index contributed by atoms with van der Waals surface area (Å²) in [6.07, 6.45) is -3.20. The maximum atomic E-state index is 14.4. The van der Waals surface area contributed by atoms with Crippen LogP contribution in [0.15, 0.2) is 34.3 Å². The normalized spacial score (nSPS) is 11.4. The Labute approximate surface area is 170 Å². The lowest BCUT2D eigenvalue weighted by Crippen LogP contribution is -2.20. The number of nitrogens with zero attached hydrogens (tertiary/aromatic N) is 2. The van der Waals surface area contributed by atoms with Crippen molar-refractivity contribution in [3.63, 3.8) is 0 Å². The molecule has 0 unspecified atom stereocenters. The van der Waals surface area contributed by atoms with Gasteiger partial charge in [-0.05, 0) is 6.07 Å². The van der Waals surface area contributed by atoms with Crippen LogP contribution in [-0.4, -0.2) is 36.5 Å². The Morgan fingerprint density at radius 1 is 1.23 bits per heavy atom. The van der Waals surface area contributed by atoms with Crippen LogP contribution < -0.4 is 15.4 Å². The highest BCUT2D eigenvalue weighted by Gasteiger charge is 2.35. The quantitative estimate of drug-likeness (QED) is 0.406. The number of benzene rings is 1. The minimum Gasteiger partial charge on any atom is -0.488 e. The molecule has 30 heavy (non-hydrogen) atoms. The van der Waals surface area contributed by atoms with Gasteiger partial charge in [0.15, 0.2) is 17.3 Å². The van der Waals surface area contributed by atoms with Gasteiger partial charge >= 0.3 is 12.2 Å². The summed E-state index contributed by atoms with van der Waals surface area (Å²) in [5, 5.41) is 9.39. The number of amides is 2. The molecule has 3 aromatic rings. The molecule has 2 N–H and O–H groups in total. The lowest BCUT2D eigenvalue weighted by molar-refractivity contribution is -0.142. The first-order valence-corrected chi connectivity index (χ1v) is 9.13. The van der Waals surface area contributed by atoms with Crippen molar-refractivity contribution in [2.45, 2.75) is 6.18 Å². The standard InChI is InChI=1S/C17H14F4N4O4S/c1-27-3-4-28-12-6-9(15-22-2-5-30-15)11(7-10(12)18)23-16(26)24-14-8-13(25-29-14)17(19,20)21/h2,5-8H,3-4H2,1H3,(H2,23,24,26). The molecule has 0 radical (unpaired) electrons. The van der Waals surface area contributed by atoms with E-state index in [0.717, 1.165) is 6.07 Å². The van der Waals surface area contributed by atoms with Crippen molar-refractivity contribution in [3.8, 4) is 16.3 Å². The predicted octanol–water partition coefficient (Wildman–Crippen LogP) is 4.63. The van der Waals surface area contributed by atoms with E-state index in [0.29, 0.717) is 16.6 Å². The minimum absolute atomic E-state index is 0.0228. The molecule has 13 heteroatoms. The third-order valence-corrected chi connectivity index (χ3v) is 4.37. The zero-order chi connectivity index (χ0) is 21.7. The molecule has 8 nitrogen and oxygen atoms in total. The molecule has 0 aliphatic heterocycles. The fraction of sp³-hybridized carbons (Fsp3) is 0.235. The maximum Gasteiger partial charge on any atom is 0.436 e. The van der Waals surface area contributed by atoms with Crippen molar-refractivity contribution in [1.29, 1.82) is 0 Å². The number of alkyl halides is 3. The third kappa shape index (κ3) is 5.24. The molecule has 0 atom stereocenters. The molecule has 3 rings (SSSR count). The van der Waals surface area contributed by atoms with E-state index in [-0.39, 0.29) is 24.7 Å². The Morgan fingerprint density at radius 2 is 2.03 bits per heavy atom. The van der Waals surface area contributed by atoms with E-state index >= 15 is 0 Å². The number of nitrogens with one attached hydrogen (secondary N) is 2. The highest BCUT2D eigenvalue weighted by molar-refractivity contribution is 7.13. The summed E-state index contributed by atoms with van der Waals surface area (Å²) in [4.78, 5) is 16.3. The number of hydrogen-bond acceptors (Lipinski definition) is 7. The number of urea groups is 1. The number of hydrogen-bond donors (Lipinski definition) is 2. The molecule has 0 saturated carbocycles. The van der Waals surface area contributed by atoms with Gasteiger partial charge in [-0.15, -0.1) is 11.3 Å². The van der Waals surface area contributed by atoms with Crippen LogP contribution in [0.5, 0.6) is 5.75 Å². The number of ether oxygens (including phenoxy) is 2. The van der Waals surface area contributed by atoms with Crippen molar-refractivity contribution in [1.82, 2.24) is 10.1 Å². The molecular formula is C17H14F4N4O4S. The van der Waals surface area contributed by atoms with Gasteiger partial charge < -0.3 is 19.3 Å². The van der Waals surface area contributed by atoms with Crippen molar-refractivity contribution < 1.29 is 36.4 Å². The molecule has 2 heterocycles. The second-order valence-corrected chi connectivity index (χ2v) is 6.55. The first kappa shape index (κ1) is 21.5. The summed E-state index contributed by atoms with van der Waals surface area (Å²) in [5.41, 5.74) is -0.929. The molecule has 0 aliphatic carbocycles. The SMILES string of the molecule is COCCOc1cc(-c2nccs2)c(NC(=O)Nc2cc(C(F)(F)F)no2)cc1F. The Kier molecular flexibility index (Phi) is 6.52. The van der Waals surface area contributed by atoms with Gasteiger partial charge in [0, 0.05) is 36.4 Å². The van der Waals surface area contributed by atoms with Crippen LogP contribution in [-0.2, 0) is 10.9 Å². The van der Waals surface area contributed by atoms with Gasteiger partial charge in [0.2, 0.25) is 5.88 Å². The average Bonchev–Trinajstić information content (AvgIpc) is 3.35. The monoisotopic (exact) mass is 446 g/mol. The zero-order valence-electron chi connectivity index (χ0n) is 15.2. The number of carbonyl (C=O) groups is 1. The highest BCUT2D eigenvalue weighted by Crippen LogP contribution is 2.35. The van der Waals surface area contributed by atoms with E-state index in [1.54, 1.807) is 5.38 Å². The molecule has 2 amide bonds. The summed E-state index contributed by atoms with van der Waals surface area (Å²) in [6.45, 7) is 0.344. The minimum atomic E-state index is -4.72. The number of aromatic nitrogens is 2. The number of carbonyl (C=O) groups excluding carboxylic acids is 1. The number of methoxy groups -OCH3 is 1. The molecule has 0 saturated heterocycles. The van der Waals surface area contributed by atoms with Crippen LogP contribution >= 0.6 is 11.3 Å². The molecular weight excluding hydrogens is 432 g/mol. The molecule has 0 bridgehead atoms. The van der Waals surface area contributed by atoms with Crippen molar-refractivity contribution >= 4 is 28.9 Å². The van der Waals surface area contributed by atoms with Crippen LogP contribution in [0.2, 0.25) is 0 Å². The Balaban J connectivity index is 1.81. The van der Waals surface area contributed by atoms with Crippen LogP contribution in [0.25, 0.3) is 10.6 Å². The lowest BCUT2D eigenvalue weighted by atomic mass is 10.1. The second-order valence-electron chi connectivity index (χ2n) is 5.66. The molecule has 0 spiro atoms. The summed E-state index contributed by atoms with van der Waals surface area (Å²) < 4.78 is 66.7. The summed E-state index contributed by atoms with van der Waals surface area (Å²) in [7, 11) is 1.47. The topological polar surface area (TPSA) is 98.5 Å². The average molecular weight is 446 g/mol. The summed E-state index contributed by atoms with van der Waals surface area (Å²) in [5.74, 6) is -1.37. The Hall–Kier alpha value is -3.19. The Morgan fingerprint density at radius 3 is 2.67 bits per heavy atom. The molecule has 160 valence electrons. The van der Waals surface area contributed by atoms with E-state index in [1.165, 1.54) is 30.7 Å². The maximum absolute atomic E-state index is 14.4. The largest absolute Gasteiger partial charge is 0.488 e. The van der Waals surface area contributed by atoms with Crippen LogP contribution in [0.3, 0.4) is 0 Å². The van der Waals surface area contributed by atoms with Crippen molar-refractivity contribution in [3.05, 3.63) is 41.3 Å². The number of thiazole rings is 1. The van der Waals surface area contributed by atoms with Gasteiger partial charge in [0.1, 0.15) is 11.6 Å². The van der Waals surface area contributed by atoms with E-state index in [9.17, 15) is 22.4 Å². The fourth-order valence-corrected chi connectivity index (χ4v) is 2.94. The lowest BCUT2D eigenvalue weighted by Gasteiger charge is -2.13. The van der Waals surface area contributed by atoms with E-state index in [4.69, 9.17) is 9.47 Å². The van der Waals surface area contributed by atoms with Crippen molar-refractivity contribution in [2.24, 2.45) is 0 Å². The van der Waals surface area contributed by atoms with Crippen LogP contribution in [0.1, 0.15) is 5.69 Å². The molecule has 2 aromatic heterocycles. The highest BCUT2D eigenvalue weighted by atomic mass is 32.1. The van der Waals surface area contributed by atoms with Gasteiger partial charge in [-0.25, -0.2) is 14.2 Å². The van der Waals surface area contributed by atoms with Gasteiger partial charge in [-0.1, -0.05) is 5.16 Å². The van der Waals surface area contributed by atoms with Crippen LogP contribution in [0, 0.1) is 5.82 Å². The number of halogens is 4. The number of anilines is 2. The fourth-order valence-electron chi connectivity index (χ4n) is 2.27. The van der Waals surface area contributed by atoms with Gasteiger partial charge in [-0.2, -0.15) is 13.2 Å². The summed E-state index contributed by atoms with van der Waals surface area (Å²) in [6, 6.07) is 1.93.